The lowest BCUT2D eigenvalue weighted by atomic mass is 9.83. The maximum absolute atomic E-state index is 6.39. The van der Waals surface area contributed by atoms with E-state index >= 15 is 0 Å². The van der Waals surface area contributed by atoms with Gasteiger partial charge in [-0.15, -0.1) is 0 Å². The Balaban J connectivity index is 2.18. The minimum atomic E-state index is -0.529. The van der Waals surface area contributed by atoms with E-state index in [0.29, 0.717) is 0 Å². The number of rotatable bonds is 2. The highest BCUT2D eigenvalue weighted by atomic mass is 16.5. The molecule has 1 atom stereocenters. The molecule has 21 heavy (non-hydrogen) atoms. The van der Waals surface area contributed by atoms with Gasteiger partial charge in [0.2, 0.25) is 0 Å². The van der Waals surface area contributed by atoms with E-state index in [-0.39, 0.29) is 0 Å². The number of aryl methyl sites for hydroxylation is 1. The van der Waals surface area contributed by atoms with Crippen molar-refractivity contribution in [3.8, 4) is 0 Å². The third kappa shape index (κ3) is 2.40. The van der Waals surface area contributed by atoms with Crippen LogP contribution in [0.2, 0.25) is 0 Å². The lowest BCUT2D eigenvalue weighted by Gasteiger charge is -2.36. The summed E-state index contributed by atoms with van der Waals surface area (Å²) < 4.78 is 6.39. The first-order valence-electron chi connectivity index (χ1n) is 7.30. The zero-order chi connectivity index (χ0) is 14.9. The van der Waals surface area contributed by atoms with Crippen molar-refractivity contribution in [3.63, 3.8) is 0 Å². The Morgan fingerprint density at radius 2 is 1.38 bits per heavy atom. The van der Waals surface area contributed by atoms with Crippen LogP contribution in [0.3, 0.4) is 0 Å². The third-order valence-electron chi connectivity index (χ3n) is 4.12. The van der Waals surface area contributed by atoms with E-state index in [1.807, 2.05) is 13.0 Å². The zero-order valence-corrected chi connectivity index (χ0v) is 12.8. The van der Waals surface area contributed by atoms with E-state index in [1.54, 1.807) is 0 Å². The van der Waals surface area contributed by atoms with Crippen molar-refractivity contribution in [2.75, 3.05) is 0 Å². The molecule has 0 N–H and O–H groups in total. The Morgan fingerprint density at radius 1 is 0.762 bits per heavy atom. The normalized spacial score (nSPS) is 21.3. The van der Waals surface area contributed by atoms with Gasteiger partial charge in [0.15, 0.2) is 5.60 Å². The van der Waals surface area contributed by atoms with E-state index in [9.17, 15) is 0 Å². The Bertz CT molecular complexity index is 692. The van der Waals surface area contributed by atoms with E-state index in [1.165, 1.54) is 11.1 Å². The van der Waals surface area contributed by atoms with Gasteiger partial charge in [0.25, 0.3) is 0 Å². The first-order valence-corrected chi connectivity index (χ1v) is 7.30. The molecule has 1 heteroatoms. The Hall–Kier alpha value is -2.28. The van der Waals surface area contributed by atoms with E-state index < -0.39 is 5.60 Å². The molecule has 0 spiro atoms. The maximum Gasteiger partial charge on any atom is 0.177 e. The number of hydrogen-bond acceptors (Lipinski definition) is 1. The molecule has 1 nitrogen and oxygen atoms in total. The molecule has 0 saturated heterocycles. The molecular formula is C20H20O. The largest absolute Gasteiger partial charge is 0.478 e. The molecule has 0 bridgehead atoms. The SMILES string of the molecule is CC1=C(C)OC(c2ccccc2)(c2ccc(C)cc2)C=C1. The molecule has 1 unspecified atom stereocenters. The maximum atomic E-state index is 6.39. The summed E-state index contributed by atoms with van der Waals surface area (Å²) in [6, 6.07) is 19.0. The van der Waals surface area contributed by atoms with Gasteiger partial charge < -0.3 is 4.74 Å². The molecule has 0 fully saturated rings. The second kappa shape index (κ2) is 5.25. The van der Waals surface area contributed by atoms with Gasteiger partial charge in [-0.3, -0.25) is 0 Å². The van der Waals surface area contributed by atoms with Crippen molar-refractivity contribution in [1.29, 1.82) is 0 Å². The first kappa shape index (κ1) is 13.7. The number of ether oxygens (including phenoxy) is 1. The van der Waals surface area contributed by atoms with Crippen LogP contribution in [0.25, 0.3) is 0 Å². The van der Waals surface area contributed by atoms with Crippen molar-refractivity contribution in [2.24, 2.45) is 0 Å². The highest BCUT2D eigenvalue weighted by Crippen LogP contribution is 2.40. The van der Waals surface area contributed by atoms with E-state index in [2.05, 4.69) is 74.5 Å². The molecule has 0 aromatic heterocycles. The summed E-state index contributed by atoms with van der Waals surface area (Å²) >= 11 is 0. The molecule has 2 aromatic carbocycles. The fourth-order valence-corrected chi connectivity index (χ4v) is 2.68. The minimum Gasteiger partial charge on any atom is -0.478 e. The van der Waals surface area contributed by atoms with Crippen molar-refractivity contribution in [3.05, 3.63) is 94.8 Å². The summed E-state index contributed by atoms with van der Waals surface area (Å²) in [5.74, 6) is 0.974. The average Bonchev–Trinajstić information content (AvgIpc) is 2.52. The Morgan fingerprint density at radius 3 is 2.00 bits per heavy atom. The molecule has 0 aliphatic carbocycles. The molecule has 0 radical (unpaired) electrons. The highest BCUT2D eigenvalue weighted by molar-refractivity contribution is 5.46. The summed E-state index contributed by atoms with van der Waals surface area (Å²) in [6.07, 6.45) is 4.32. The molecular weight excluding hydrogens is 256 g/mol. The Labute approximate surface area is 126 Å². The van der Waals surface area contributed by atoms with Crippen LogP contribution in [0.15, 0.2) is 78.1 Å². The quantitative estimate of drug-likeness (QED) is 0.739. The van der Waals surface area contributed by atoms with Gasteiger partial charge in [-0.2, -0.15) is 0 Å². The van der Waals surface area contributed by atoms with Gasteiger partial charge in [-0.05, 0) is 32.4 Å². The summed E-state index contributed by atoms with van der Waals surface area (Å²) in [4.78, 5) is 0. The summed E-state index contributed by atoms with van der Waals surface area (Å²) in [7, 11) is 0. The van der Waals surface area contributed by atoms with Gasteiger partial charge in [-0.25, -0.2) is 0 Å². The van der Waals surface area contributed by atoms with Gasteiger partial charge in [0.1, 0.15) is 0 Å². The molecule has 0 saturated carbocycles. The van der Waals surface area contributed by atoms with Crippen LogP contribution in [-0.2, 0) is 10.3 Å². The molecule has 1 aliphatic heterocycles. The van der Waals surface area contributed by atoms with E-state index in [0.717, 1.165) is 16.9 Å². The van der Waals surface area contributed by atoms with Crippen molar-refractivity contribution in [2.45, 2.75) is 26.4 Å². The smallest absolute Gasteiger partial charge is 0.177 e. The number of allylic oxidation sites excluding steroid dienone is 3. The van der Waals surface area contributed by atoms with Crippen LogP contribution in [-0.4, -0.2) is 0 Å². The van der Waals surface area contributed by atoms with Crippen LogP contribution in [0.1, 0.15) is 30.5 Å². The lowest BCUT2D eigenvalue weighted by Crippen LogP contribution is -2.30. The molecule has 106 valence electrons. The fraction of sp³-hybridized carbons (Fsp3) is 0.200. The van der Waals surface area contributed by atoms with Gasteiger partial charge in [0.05, 0.1) is 5.76 Å². The number of benzene rings is 2. The highest BCUT2D eigenvalue weighted by Gasteiger charge is 2.36. The van der Waals surface area contributed by atoms with E-state index in [4.69, 9.17) is 4.74 Å². The molecule has 0 amide bonds. The van der Waals surface area contributed by atoms with Crippen LogP contribution in [0.5, 0.6) is 0 Å². The number of hydrogen-bond donors (Lipinski definition) is 0. The molecule has 1 aliphatic rings. The molecule has 2 aromatic rings. The van der Waals surface area contributed by atoms with Gasteiger partial charge in [-0.1, -0.05) is 66.2 Å². The lowest BCUT2D eigenvalue weighted by molar-refractivity contribution is 0.0739. The van der Waals surface area contributed by atoms with Crippen molar-refractivity contribution >= 4 is 0 Å². The fourth-order valence-electron chi connectivity index (χ4n) is 2.68. The zero-order valence-electron chi connectivity index (χ0n) is 12.8. The van der Waals surface area contributed by atoms with Gasteiger partial charge >= 0.3 is 0 Å². The van der Waals surface area contributed by atoms with Crippen LogP contribution in [0.4, 0.5) is 0 Å². The first-order chi connectivity index (χ1) is 10.1. The van der Waals surface area contributed by atoms with Gasteiger partial charge in [0, 0.05) is 11.1 Å². The second-order valence-electron chi connectivity index (χ2n) is 5.64. The predicted molar refractivity (Wildman–Crippen MR) is 87.0 cm³/mol. The van der Waals surface area contributed by atoms with Crippen LogP contribution in [0, 0.1) is 6.92 Å². The minimum absolute atomic E-state index is 0.529. The van der Waals surface area contributed by atoms with Crippen LogP contribution >= 0.6 is 0 Å². The molecule has 1 heterocycles. The molecule has 3 rings (SSSR count). The summed E-state index contributed by atoms with van der Waals surface area (Å²) in [5.41, 5.74) is 4.21. The summed E-state index contributed by atoms with van der Waals surface area (Å²) in [5, 5.41) is 0. The second-order valence-corrected chi connectivity index (χ2v) is 5.64. The average molecular weight is 276 g/mol. The van der Waals surface area contributed by atoms with Crippen molar-refractivity contribution < 1.29 is 4.74 Å². The van der Waals surface area contributed by atoms with Crippen molar-refractivity contribution in [1.82, 2.24) is 0 Å². The Kier molecular flexibility index (Phi) is 3.42. The standard InChI is InChI=1S/C20H20O/c1-15-9-11-19(12-10-15)20(18-7-5-4-6-8-18)14-13-16(2)17(3)21-20/h4-14H,1-3H3. The van der Waals surface area contributed by atoms with Crippen LogP contribution < -0.4 is 0 Å². The third-order valence-corrected chi connectivity index (χ3v) is 4.12. The topological polar surface area (TPSA) is 9.23 Å². The summed E-state index contributed by atoms with van der Waals surface area (Å²) in [6.45, 7) is 6.21. The predicted octanol–water partition coefficient (Wildman–Crippen LogP) is 5.12. The monoisotopic (exact) mass is 276 g/mol.